The van der Waals surface area contributed by atoms with Crippen LogP contribution in [0.25, 0.3) is 0 Å². The summed E-state index contributed by atoms with van der Waals surface area (Å²) in [6.07, 6.45) is 9.51. The van der Waals surface area contributed by atoms with E-state index in [0.29, 0.717) is 0 Å². The van der Waals surface area contributed by atoms with Gasteiger partial charge < -0.3 is 4.81 Å². The number of hydrogen-bond donors (Lipinski definition) is 0. The maximum Gasteiger partial charge on any atom is 0.217 e. The minimum Gasteiger partial charge on any atom is -0.418 e. The molecule has 0 radical (unpaired) electrons. The van der Waals surface area contributed by atoms with Crippen LogP contribution in [0.4, 0.5) is 0 Å². The highest BCUT2D eigenvalue weighted by Crippen LogP contribution is 2.09. The summed E-state index contributed by atoms with van der Waals surface area (Å²) in [5.74, 6) is 0. The number of allylic oxidation sites excluding steroid dienone is 5. The van der Waals surface area contributed by atoms with Gasteiger partial charge in [-0.25, -0.2) is 0 Å². The van der Waals surface area contributed by atoms with Gasteiger partial charge in [-0.3, -0.25) is 0 Å². The van der Waals surface area contributed by atoms with E-state index in [1.165, 1.54) is 5.56 Å². The molecule has 0 saturated heterocycles. The van der Waals surface area contributed by atoms with Gasteiger partial charge in [0, 0.05) is 12.2 Å². The molecule has 0 N–H and O–H groups in total. The van der Waals surface area contributed by atoms with Crippen molar-refractivity contribution < 1.29 is 0 Å². The molecule has 0 spiro atoms. The molecule has 2 heteroatoms. The second-order valence-electron chi connectivity index (χ2n) is 3.76. The van der Waals surface area contributed by atoms with Gasteiger partial charge in [0.05, 0.1) is 0 Å². The number of rotatable bonds is 6. The molecule has 0 unspecified atom stereocenters. The lowest BCUT2D eigenvalue weighted by molar-refractivity contribution is 0.566. The lowest BCUT2D eigenvalue weighted by Gasteiger charge is -2.21. The fourth-order valence-corrected chi connectivity index (χ4v) is 1.55. The lowest BCUT2D eigenvalue weighted by Crippen LogP contribution is -2.17. The molecule has 0 atom stereocenters. The largest absolute Gasteiger partial charge is 0.418 e. The van der Waals surface area contributed by atoms with E-state index in [-0.39, 0.29) is 0 Å². The van der Waals surface area contributed by atoms with E-state index in [2.05, 4.69) is 50.2 Å². The maximum absolute atomic E-state index is 3.74. The van der Waals surface area contributed by atoms with Gasteiger partial charge in [0.1, 0.15) is 0 Å². The molecule has 0 aromatic heterocycles. The molecule has 0 heterocycles. The summed E-state index contributed by atoms with van der Waals surface area (Å²) < 4.78 is 0. The molecular formula is C15H18BN. The standard InChI is InChI=1S/C15H18BN/c1-3-5-12-15(9-4-2)17(16)13-14-10-7-6-8-11-14/h3-12H,1-2,13,16H2/b12-5-,15-9+. The van der Waals surface area contributed by atoms with Gasteiger partial charge in [0.25, 0.3) is 0 Å². The second kappa shape index (κ2) is 7.34. The van der Waals surface area contributed by atoms with E-state index < -0.39 is 0 Å². The molecular weight excluding hydrogens is 205 g/mol. The van der Waals surface area contributed by atoms with Crippen LogP contribution in [0.3, 0.4) is 0 Å². The third-order valence-corrected chi connectivity index (χ3v) is 2.40. The number of hydrogen-bond acceptors (Lipinski definition) is 1. The van der Waals surface area contributed by atoms with Gasteiger partial charge in [-0.15, -0.1) is 0 Å². The van der Waals surface area contributed by atoms with Crippen molar-refractivity contribution in [3.8, 4) is 0 Å². The monoisotopic (exact) mass is 223 g/mol. The average molecular weight is 223 g/mol. The Labute approximate surface area is 105 Å². The van der Waals surface area contributed by atoms with Crippen LogP contribution in [0.2, 0.25) is 0 Å². The van der Waals surface area contributed by atoms with Crippen LogP contribution in [0, 0.1) is 0 Å². The first-order valence-corrected chi connectivity index (χ1v) is 5.65. The van der Waals surface area contributed by atoms with Crippen LogP contribution in [-0.2, 0) is 6.54 Å². The lowest BCUT2D eigenvalue weighted by atomic mass is 10.1. The van der Waals surface area contributed by atoms with Crippen LogP contribution in [-0.4, -0.2) is 12.8 Å². The highest BCUT2D eigenvalue weighted by Gasteiger charge is 2.00. The van der Waals surface area contributed by atoms with Crippen molar-refractivity contribution >= 4 is 7.98 Å². The molecule has 1 aromatic carbocycles. The molecule has 0 aliphatic carbocycles. The Kier molecular flexibility index (Phi) is 5.66. The Balaban J connectivity index is 2.75. The predicted octanol–water partition coefficient (Wildman–Crippen LogP) is 2.85. The topological polar surface area (TPSA) is 3.24 Å². The smallest absolute Gasteiger partial charge is 0.217 e. The maximum atomic E-state index is 3.74. The first-order valence-electron chi connectivity index (χ1n) is 5.65. The van der Waals surface area contributed by atoms with E-state index in [4.69, 9.17) is 0 Å². The molecule has 17 heavy (non-hydrogen) atoms. The van der Waals surface area contributed by atoms with Gasteiger partial charge in [0.15, 0.2) is 0 Å². The summed E-state index contributed by atoms with van der Waals surface area (Å²) >= 11 is 0. The minimum atomic E-state index is 0.877. The van der Waals surface area contributed by atoms with E-state index in [1.54, 1.807) is 12.2 Å². The van der Waals surface area contributed by atoms with Crippen LogP contribution in [0.15, 0.2) is 79.6 Å². The Hall–Kier alpha value is -1.96. The Morgan fingerprint density at radius 3 is 2.47 bits per heavy atom. The Bertz CT molecular complexity index is 418. The van der Waals surface area contributed by atoms with E-state index in [9.17, 15) is 0 Å². The quantitative estimate of drug-likeness (QED) is 0.529. The molecule has 0 saturated carbocycles. The van der Waals surface area contributed by atoms with Gasteiger partial charge >= 0.3 is 0 Å². The number of benzene rings is 1. The molecule has 86 valence electrons. The van der Waals surface area contributed by atoms with Crippen LogP contribution in [0.5, 0.6) is 0 Å². The summed E-state index contributed by atoms with van der Waals surface area (Å²) in [4.78, 5) is 2.18. The van der Waals surface area contributed by atoms with Crippen molar-refractivity contribution in [1.82, 2.24) is 4.81 Å². The third-order valence-electron chi connectivity index (χ3n) is 2.40. The molecule has 0 bridgehead atoms. The summed E-state index contributed by atoms with van der Waals surface area (Å²) in [5.41, 5.74) is 2.40. The molecule has 0 fully saturated rings. The van der Waals surface area contributed by atoms with Crippen molar-refractivity contribution in [3.63, 3.8) is 0 Å². The summed E-state index contributed by atoms with van der Waals surface area (Å²) in [6.45, 7) is 8.29. The van der Waals surface area contributed by atoms with Gasteiger partial charge in [-0.2, -0.15) is 0 Å². The summed E-state index contributed by atoms with van der Waals surface area (Å²) in [5, 5.41) is 0. The molecule has 0 aliphatic rings. The van der Waals surface area contributed by atoms with Crippen molar-refractivity contribution in [2.45, 2.75) is 6.54 Å². The van der Waals surface area contributed by atoms with Crippen molar-refractivity contribution in [2.24, 2.45) is 0 Å². The molecule has 0 amide bonds. The van der Waals surface area contributed by atoms with Crippen LogP contribution >= 0.6 is 0 Å². The predicted molar refractivity (Wildman–Crippen MR) is 78.1 cm³/mol. The van der Waals surface area contributed by atoms with Crippen LogP contribution < -0.4 is 0 Å². The Morgan fingerprint density at radius 1 is 1.18 bits per heavy atom. The van der Waals surface area contributed by atoms with E-state index >= 15 is 0 Å². The van der Waals surface area contributed by atoms with Crippen LogP contribution in [0.1, 0.15) is 5.56 Å². The summed E-state index contributed by atoms with van der Waals surface area (Å²) in [7, 11) is 2.07. The molecule has 1 nitrogen and oxygen atoms in total. The van der Waals surface area contributed by atoms with Crippen molar-refractivity contribution in [1.29, 1.82) is 0 Å². The minimum absolute atomic E-state index is 0.877. The Morgan fingerprint density at radius 2 is 1.88 bits per heavy atom. The highest BCUT2D eigenvalue weighted by atomic mass is 15.0. The molecule has 1 rings (SSSR count). The van der Waals surface area contributed by atoms with Crippen molar-refractivity contribution in [3.05, 3.63) is 85.1 Å². The SMILES string of the molecule is BN(Cc1ccccc1)C(/C=C\C=C)=C/C=C. The zero-order valence-electron chi connectivity index (χ0n) is 10.3. The van der Waals surface area contributed by atoms with E-state index in [1.807, 2.05) is 24.3 Å². The first-order chi connectivity index (χ1) is 8.27. The van der Waals surface area contributed by atoms with E-state index in [0.717, 1.165) is 12.2 Å². The average Bonchev–Trinajstić information content (AvgIpc) is 2.35. The first kappa shape index (κ1) is 13.1. The fraction of sp³-hybridized carbons (Fsp3) is 0.0667. The highest BCUT2D eigenvalue weighted by molar-refractivity contribution is 6.05. The second-order valence-corrected chi connectivity index (χ2v) is 3.76. The zero-order chi connectivity index (χ0) is 12.5. The van der Waals surface area contributed by atoms with Gasteiger partial charge in [-0.05, 0) is 17.7 Å². The molecule has 0 aliphatic heterocycles. The van der Waals surface area contributed by atoms with Gasteiger partial charge in [-0.1, -0.05) is 61.7 Å². The van der Waals surface area contributed by atoms with Gasteiger partial charge in [0.2, 0.25) is 7.98 Å². The zero-order valence-corrected chi connectivity index (χ0v) is 10.3. The third kappa shape index (κ3) is 4.60. The van der Waals surface area contributed by atoms with Crippen molar-refractivity contribution in [2.75, 3.05) is 0 Å². The normalized spacial score (nSPS) is 11.4. The number of nitrogens with zero attached hydrogens (tertiary/aromatic N) is 1. The molecule has 1 aromatic rings. The fourth-order valence-electron chi connectivity index (χ4n) is 1.55. The summed E-state index contributed by atoms with van der Waals surface area (Å²) in [6, 6.07) is 10.4.